The molecule has 20 heavy (non-hydrogen) atoms. The third-order valence-corrected chi connectivity index (χ3v) is 4.29. The first-order valence-corrected chi connectivity index (χ1v) is 7.52. The summed E-state index contributed by atoms with van der Waals surface area (Å²) >= 11 is 7.51. The van der Waals surface area contributed by atoms with E-state index in [0.29, 0.717) is 0 Å². The summed E-state index contributed by atoms with van der Waals surface area (Å²) in [5.74, 6) is -0.793. The summed E-state index contributed by atoms with van der Waals surface area (Å²) in [5, 5.41) is 12.9. The first-order chi connectivity index (χ1) is 9.54. The van der Waals surface area contributed by atoms with Gasteiger partial charge in [-0.1, -0.05) is 23.7 Å². The molecule has 1 aromatic carbocycles. The lowest BCUT2D eigenvalue weighted by Gasteiger charge is -2.13. The molecule has 0 bridgehead atoms. The van der Waals surface area contributed by atoms with Gasteiger partial charge in [0, 0.05) is 27.4 Å². The first-order valence-electron chi connectivity index (χ1n) is 6.33. The standard InChI is InChI=1S/C15H16ClNO2S/c1-10(11-3-2-4-12(16)7-11)17-9-14-6-5-13(20-14)8-15(18)19/h2-7,10,17H,8-9H2,1H3,(H,18,19)/t10-/m0/s1. The molecule has 0 unspecified atom stereocenters. The molecule has 5 heteroatoms. The van der Waals surface area contributed by atoms with Crippen molar-refractivity contribution < 1.29 is 9.90 Å². The van der Waals surface area contributed by atoms with E-state index >= 15 is 0 Å². The van der Waals surface area contributed by atoms with E-state index in [1.807, 2.05) is 36.4 Å². The number of hydrogen-bond donors (Lipinski definition) is 2. The van der Waals surface area contributed by atoms with Crippen LogP contribution in [-0.4, -0.2) is 11.1 Å². The summed E-state index contributed by atoms with van der Waals surface area (Å²) in [6.07, 6.45) is 0.0918. The number of hydrogen-bond acceptors (Lipinski definition) is 3. The lowest BCUT2D eigenvalue weighted by molar-refractivity contribution is -0.136. The zero-order valence-electron chi connectivity index (χ0n) is 11.1. The van der Waals surface area contributed by atoms with Gasteiger partial charge in [-0.05, 0) is 36.8 Å². The lowest BCUT2D eigenvalue weighted by atomic mass is 10.1. The van der Waals surface area contributed by atoms with E-state index in [1.54, 1.807) is 0 Å². The van der Waals surface area contributed by atoms with Gasteiger partial charge in [-0.2, -0.15) is 0 Å². The monoisotopic (exact) mass is 309 g/mol. The molecule has 0 aliphatic heterocycles. The number of halogens is 1. The lowest BCUT2D eigenvalue weighted by Crippen LogP contribution is -2.17. The van der Waals surface area contributed by atoms with Gasteiger partial charge < -0.3 is 10.4 Å². The van der Waals surface area contributed by atoms with Crippen LogP contribution in [-0.2, 0) is 17.8 Å². The first kappa shape index (κ1) is 15.0. The molecule has 0 saturated carbocycles. The summed E-state index contributed by atoms with van der Waals surface area (Å²) in [5.41, 5.74) is 1.14. The maximum atomic E-state index is 10.6. The Kier molecular flexibility index (Phi) is 5.17. The number of benzene rings is 1. The van der Waals surface area contributed by atoms with Gasteiger partial charge in [0.15, 0.2) is 0 Å². The van der Waals surface area contributed by atoms with Crippen molar-refractivity contribution >= 4 is 28.9 Å². The normalized spacial score (nSPS) is 12.3. The van der Waals surface area contributed by atoms with Crippen molar-refractivity contribution in [3.05, 3.63) is 56.7 Å². The van der Waals surface area contributed by atoms with Crippen LogP contribution in [0.4, 0.5) is 0 Å². The second-order valence-electron chi connectivity index (χ2n) is 4.60. The maximum absolute atomic E-state index is 10.6. The molecule has 2 aromatic rings. The predicted molar refractivity (Wildman–Crippen MR) is 82.4 cm³/mol. The fourth-order valence-electron chi connectivity index (χ4n) is 1.91. The highest BCUT2D eigenvalue weighted by Crippen LogP contribution is 2.20. The van der Waals surface area contributed by atoms with Crippen molar-refractivity contribution in [3.63, 3.8) is 0 Å². The third kappa shape index (κ3) is 4.34. The Balaban J connectivity index is 1.91. The molecular weight excluding hydrogens is 294 g/mol. The molecule has 2 rings (SSSR count). The van der Waals surface area contributed by atoms with Crippen LogP contribution in [0.15, 0.2) is 36.4 Å². The molecule has 0 radical (unpaired) electrons. The average Bonchev–Trinajstić information content (AvgIpc) is 2.82. The molecule has 0 aliphatic carbocycles. The van der Waals surface area contributed by atoms with Gasteiger partial charge >= 0.3 is 5.97 Å². The SMILES string of the molecule is C[C@H](NCc1ccc(CC(=O)O)s1)c1cccc(Cl)c1. The number of carboxylic acids is 1. The van der Waals surface area contributed by atoms with Gasteiger partial charge in [-0.25, -0.2) is 0 Å². The van der Waals surface area contributed by atoms with Gasteiger partial charge in [-0.15, -0.1) is 11.3 Å². The minimum atomic E-state index is -0.793. The summed E-state index contributed by atoms with van der Waals surface area (Å²) in [4.78, 5) is 12.7. The Morgan fingerprint density at radius 1 is 1.35 bits per heavy atom. The zero-order chi connectivity index (χ0) is 14.5. The molecule has 0 spiro atoms. The molecule has 2 N–H and O–H groups in total. The highest BCUT2D eigenvalue weighted by molar-refractivity contribution is 7.12. The molecule has 0 aliphatic rings. The Hall–Kier alpha value is -1.36. The maximum Gasteiger partial charge on any atom is 0.308 e. The second-order valence-corrected chi connectivity index (χ2v) is 6.29. The predicted octanol–water partition coefficient (Wildman–Crippen LogP) is 3.88. The fourth-order valence-corrected chi connectivity index (χ4v) is 3.07. The number of nitrogens with one attached hydrogen (secondary N) is 1. The van der Waals surface area contributed by atoms with E-state index in [1.165, 1.54) is 11.3 Å². The van der Waals surface area contributed by atoms with Gasteiger partial charge in [-0.3, -0.25) is 4.79 Å². The molecule has 0 saturated heterocycles. The minimum Gasteiger partial charge on any atom is -0.481 e. The Labute approximate surface area is 127 Å². The number of rotatable bonds is 6. The van der Waals surface area contributed by atoms with Crippen LogP contribution in [0.3, 0.4) is 0 Å². The molecule has 106 valence electrons. The Morgan fingerprint density at radius 3 is 2.80 bits per heavy atom. The van der Waals surface area contributed by atoms with Crippen LogP contribution < -0.4 is 5.32 Å². The van der Waals surface area contributed by atoms with Crippen molar-refractivity contribution in [1.29, 1.82) is 0 Å². The second kappa shape index (κ2) is 6.88. The molecule has 1 heterocycles. The van der Waals surface area contributed by atoms with Crippen LogP contribution in [0.25, 0.3) is 0 Å². The molecule has 1 atom stereocenters. The number of carbonyl (C=O) groups is 1. The largest absolute Gasteiger partial charge is 0.481 e. The Bertz CT molecular complexity index is 597. The third-order valence-electron chi connectivity index (χ3n) is 2.97. The molecule has 0 fully saturated rings. The number of thiophene rings is 1. The zero-order valence-corrected chi connectivity index (χ0v) is 12.7. The van der Waals surface area contributed by atoms with Gasteiger partial charge in [0.25, 0.3) is 0 Å². The van der Waals surface area contributed by atoms with Gasteiger partial charge in [0.2, 0.25) is 0 Å². The summed E-state index contributed by atoms with van der Waals surface area (Å²) < 4.78 is 0. The van der Waals surface area contributed by atoms with Crippen molar-refractivity contribution in [3.8, 4) is 0 Å². The van der Waals surface area contributed by atoms with Crippen LogP contribution in [0.2, 0.25) is 5.02 Å². The van der Waals surface area contributed by atoms with Crippen molar-refractivity contribution in [1.82, 2.24) is 5.32 Å². The molecule has 1 aromatic heterocycles. The molecule has 3 nitrogen and oxygen atoms in total. The van der Waals surface area contributed by atoms with E-state index in [2.05, 4.69) is 12.2 Å². The van der Waals surface area contributed by atoms with Crippen molar-refractivity contribution in [2.75, 3.05) is 0 Å². The van der Waals surface area contributed by atoms with Crippen LogP contribution in [0.5, 0.6) is 0 Å². The van der Waals surface area contributed by atoms with E-state index in [-0.39, 0.29) is 12.5 Å². The molecule has 0 amide bonds. The van der Waals surface area contributed by atoms with Gasteiger partial charge in [0.1, 0.15) is 0 Å². The average molecular weight is 310 g/mol. The number of aliphatic carboxylic acids is 1. The van der Waals surface area contributed by atoms with Gasteiger partial charge in [0.05, 0.1) is 6.42 Å². The van der Waals surface area contributed by atoms with Crippen molar-refractivity contribution in [2.24, 2.45) is 0 Å². The highest BCUT2D eigenvalue weighted by atomic mass is 35.5. The topological polar surface area (TPSA) is 49.3 Å². The van der Waals surface area contributed by atoms with E-state index in [0.717, 1.165) is 26.9 Å². The minimum absolute atomic E-state index is 0.0918. The summed E-state index contributed by atoms with van der Waals surface area (Å²) in [6.45, 7) is 2.80. The number of carboxylic acid groups (broad SMARTS) is 1. The van der Waals surface area contributed by atoms with E-state index in [4.69, 9.17) is 16.7 Å². The van der Waals surface area contributed by atoms with E-state index < -0.39 is 5.97 Å². The molecular formula is C15H16ClNO2S. The smallest absolute Gasteiger partial charge is 0.308 e. The highest BCUT2D eigenvalue weighted by Gasteiger charge is 2.08. The van der Waals surface area contributed by atoms with Crippen molar-refractivity contribution in [2.45, 2.75) is 25.9 Å². The van der Waals surface area contributed by atoms with Crippen LogP contribution in [0, 0.1) is 0 Å². The quantitative estimate of drug-likeness (QED) is 0.851. The van der Waals surface area contributed by atoms with Crippen LogP contribution in [0.1, 0.15) is 28.3 Å². The Morgan fingerprint density at radius 2 is 2.10 bits per heavy atom. The van der Waals surface area contributed by atoms with Crippen LogP contribution >= 0.6 is 22.9 Å². The summed E-state index contributed by atoms with van der Waals surface area (Å²) in [6, 6.07) is 11.8. The summed E-state index contributed by atoms with van der Waals surface area (Å²) in [7, 11) is 0. The fraction of sp³-hybridized carbons (Fsp3) is 0.267. The van der Waals surface area contributed by atoms with E-state index in [9.17, 15) is 4.79 Å².